The number of nitrogens with zero attached hydrogens (tertiary/aromatic N) is 2. The van der Waals surface area contributed by atoms with Crippen molar-refractivity contribution in [3.05, 3.63) is 41.0 Å². The highest BCUT2D eigenvalue weighted by Gasteiger charge is 2.05. The Hall–Kier alpha value is -1.87. The zero-order chi connectivity index (χ0) is 8.97. The van der Waals surface area contributed by atoms with E-state index < -0.39 is 5.82 Å². The molecule has 0 aliphatic rings. The van der Waals surface area contributed by atoms with Gasteiger partial charge in [-0.25, -0.2) is 9.24 Å². The van der Waals surface area contributed by atoms with Gasteiger partial charge in [0.1, 0.15) is 5.82 Å². The van der Waals surface area contributed by atoms with Crippen molar-refractivity contribution in [1.29, 1.82) is 5.26 Å². The Kier molecular flexibility index (Phi) is 2.40. The number of benzene rings is 1. The number of hydrogen-bond donors (Lipinski definition) is 0. The molecule has 0 aromatic heterocycles. The maximum atomic E-state index is 13.1. The number of rotatable bonds is 1. The third-order valence-electron chi connectivity index (χ3n) is 1.45. The van der Waals surface area contributed by atoms with Gasteiger partial charge >= 0.3 is 0 Å². The molecule has 0 unspecified atom stereocenters. The van der Waals surface area contributed by atoms with Gasteiger partial charge in [-0.3, -0.25) is 0 Å². The highest BCUT2D eigenvalue weighted by Crippen LogP contribution is 2.20. The van der Waals surface area contributed by atoms with E-state index in [4.69, 9.17) is 11.8 Å². The fourth-order valence-corrected chi connectivity index (χ4v) is 0.874. The normalized spacial score (nSPS) is 8.58. The lowest BCUT2D eigenvalue weighted by Crippen LogP contribution is -1.87. The Morgan fingerprint density at radius 1 is 1.58 bits per heavy atom. The molecule has 0 saturated heterocycles. The summed E-state index contributed by atoms with van der Waals surface area (Å²) in [5.41, 5.74) is 0.258. The first-order valence-electron chi connectivity index (χ1n) is 3.31. The van der Waals surface area contributed by atoms with Gasteiger partial charge in [0.25, 0.3) is 0 Å². The first kappa shape index (κ1) is 8.23. The van der Waals surface area contributed by atoms with Crippen LogP contribution in [-0.4, -0.2) is 0 Å². The summed E-state index contributed by atoms with van der Waals surface area (Å²) in [7, 11) is 0. The standard InChI is InChI=1S/C9H5FN2/c1-12-8-4-2-3-7(5-6-11)9(8)10/h2-4H,5H2. The summed E-state index contributed by atoms with van der Waals surface area (Å²) in [4.78, 5) is 2.98. The van der Waals surface area contributed by atoms with Crippen LogP contribution in [0.3, 0.4) is 0 Å². The minimum atomic E-state index is -0.575. The van der Waals surface area contributed by atoms with E-state index in [0.29, 0.717) is 0 Å². The van der Waals surface area contributed by atoms with Crippen molar-refractivity contribution in [2.45, 2.75) is 6.42 Å². The van der Waals surface area contributed by atoms with E-state index in [0.717, 1.165) is 0 Å². The largest absolute Gasteiger partial charge is 0.235 e. The molecule has 2 nitrogen and oxygen atoms in total. The molecule has 0 heterocycles. The minimum absolute atomic E-state index is 0.00912. The highest BCUT2D eigenvalue weighted by molar-refractivity contribution is 5.48. The van der Waals surface area contributed by atoms with Crippen molar-refractivity contribution in [3.63, 3.8) is 0 Å². The van der Waals surface area contributed by atoms with E-state index in [1.807, 2.05) is 6.07 Å². The van der Waals surface area contributed by atoms with E-state index in [2.05, 4.69) is 4.85 Å². The second-order valence-electron chi connectivity index (χ2n) is 2.20. The average Bonchev–Trinajstić information content (AvgIpc) is 2.09. The van der Waals surface area contributed by atoms with Crippen LogP contribution in [0.2, 0.25) is 0 Å². The molecule has 1 rings (SSSR count). The van der Waals surface area contributed by atoms with E-state index >= 15 is 0 Å². The number of hydrogen-bond acceptors (Lipinski definition) is 1. The van der Waals surface area contributed by atoms with Crippen LogP contribution in [0.5, 0.6) is 0 Å². The van der Waals surface area contributed by atoms with Crippen molar-refractivity contribution >= 4 is 5.69 Å². The van der Waals surface area contributed by atoms with Gasteiger partial charge in [-0.05, 0) is 5.56 Å². The molecule has 0 aliphatic carbocycles. The predicted octanol–water partition coefficient (Wildman–Crippen LogP) is 2.44. The molecule has 3 heteroatoms. The van der Waals surface area contributed by atoms with Crippen molar-refractivity contribution in [3.8, 4) is 6.07 Å². The summed E-state index contributed by atoms with van der Waals surface area (Å²) in [5, 5.41) is 8.31. The van der Waals surface area contributed by atoms with Crippen LogP contribution in [0.1, 0.15) is 5.56 Å². The molecule has 12 heavy (non-hydrogen) atoms. The molecule has 0 atom stereocenters. The lowest BCUT2D eigenvalue weighted by Gasteiger charge is -1.97. The first-order valence-corrected chi connectivity index (χ1v) is 3.31. The summed E-state index contributed by atoms with van der Waals surface area (Å²) < 4.78 is 13.1. The van der Waals surface area contributed by atoms with Gasteiger partial charge in [-0.15, -0.1) is 0 Å². The molecular weight excluding hydrogens is 155 g/mol. The van der Waals surface area contributed by atoms with E-state index in [9.17, 15) is 4.39 Å². The molecule has 0 saturated carbocycles. The van der Waals surface area contributed by atoms with Crippen LogP contribution < -0.4 is 0 Å². The molecule has 1 aromatic rings. The summed E-state index contributed by atoms with van der Waals surface area (Å²) in [5.74, 6) is -0.575. The maximum absolute atomic E-state index is 13.1. The van der Waals surface area contributed by atoms with Gasteiger partial charge in [0.2, 0.25) is 5.69 Å². The quantitative estimate of drug-likeness (QED) is 0.580. The molecule has 0 N–H and O–H groups in total. The van der Waals surface area contributed by atoms with Crippen LogP contribution in [-0.2, 0) is 6.42 Å². The molecule has 0 amide bonds. The Morgan fingerprint density at radius 2 is 2.33 bits per heavy atom. The second kappa shape index (κ2) is 3.50. The molecule has 58 valence electrons. The SMILES string of the molecule is [C-]#[N+]c1cccc(CC#N)c1F. The zero-order valence-corrected chi connectivity index (χ0v) is 6.21. The monoisotopic (exact) mass is 160 g/mol. The molecule has 0 aliphatic heterocycles. The Balaban J connectivity index is 3.18. The summed E-state index contributed by atoms with van der Waals surface area (Å²) in [6, 6.07) is 6.31. The number of halogens is 1. The molecule has 0 radical (unpaired) electrons. The summed E-state index contributed by atoms with van der Waals surface area (Å²) in [6.45, 7) is 6.62. The molecule has 1 aromatic carbocycles. The van der Waals surface area contributed by atoms with Crippen LogP contribution in [0.15, 0.2) is 18.2 Å². The van der Waals surface area contributed by atoms with Crippen LogP contribution in [0, 0.1) is 23.7 Å². The minimum Gasteiger partial charge on any atom is -0.235 e. The van der Waals surface area contributed by atoms with E-state index in [1.165, 1.54) is 12.1 Å². The molecular formula is C9H5FN2. The van der Waals surface area contributed by atoms with Gasteiger partial charge in [0.15, 0.2) is 0 Å². The molecule has 0 spiro atoms. The molecule has 0 bridgehead atoms. The summed E-state index contributed by atoms with van der Waals surface area (Å²) >= 11 is 0. The second-order valence-corrected chi connectivity index (χ2v) is 2.20. The molecule has 0 fully saturated rings. The summed E-state index contributed by atoms with van der Waals surface area (Å²) in [6.07, 6.45) is 0.00912. The van der Waals surface area contributed by atoms with Gasteiger partial charge in [0.05, 0.1) is 19.1 Å². The van der Waals surface area contributed by atoms with E-state index in [1.54, 1.807) is 6.07 Å². The lowest BCUT2D eigenvalue weighted by atomic mass is 10.1. The maximum Gasteiger partial charge on any atom is 0.222 e. The first-order chi connectivity index (χ1) is 5.79. The van der Waals surface area contributed by atoms with Crippen LogP contribution in [0.4, 0.5) is 10.1 Å². The topological polar surface area (TPSA) is 28.1 Å². The Bertz CT molecular complexity index is 371. The lowest BCUT2D eigenvalue weighted by molar-refractivity contribution is 0.621. The third kappa shape index (κ3) is 1.41. The van der Waals surface area contributed by atoms with Crippen molar-refractivity contribution in [2.24, 2.45) is 0 Å². The fourth-order valence-electron chi connectivity index (χ4n) is 0.874. The van der Waals surface area contributed by atoms with Gasteiger partial charge in [-0.2, -0.15) is 5.26 Å². The highest BCUT2D eigenvalue weighted by atomic mass is 19.1. The zero-order valence-electron chi connectivity index (χ0n) is 6.21. The van der Waals surface area contributed by atoms with Gasteiger partial charge < -0.3 is 0 Å². The van der Waals surface area contributed by atoms with Gasteiger partial charge in [-0.1, -0.05) is 18.2 Å². The predicted molar refractivity (Wildman–Crippen MR) is 42.0 cm³/mol. The number of nitriles is 1. The Morgan fingerprint density at radius 3 is 2.92 bits per heavy atom. The third-order valence-corrected chi connectivity index (χ3v) is 1.45. The fraction of sp³-hybridized carbons (Fsp3) is 0.111. The van der Waals surface area contributed by atoms with E-state index in [-0.39, 0.29) is 17.7 Å². The van der Waals surface area contributed by atoms with Crippen LogP contribution in [0.25, 0.3) is 4.85 Å². The van der Waals surface area contributed by atoms with Crippen molar-refractivity contribution < 1.29 is 4.39 Å². The van der Waals surface area contributed by atoms with Crippen molar-refractivity contribution in [1.82, 2.24) is 0 Å². The average molecular weight is 160 g/mol. The Labute approximate surface area is 69.7 Å². The van der Waals surface area contributed by atoms with Crippen molar-refractivity contribution in [2.75, 3.05) is 0 Å². The smallest absolute Gasteiger partial charge is 0.222 e. The van der Waals surface area contributed by atoms with Gasteiger partial charge in [0, 0.05) is 0 Å². The van der Waals surface area contributed by atoms with Crippen LogP contribution >= 0.6 is 0 Å².